The number of carbonyl (C=O) groups is 2. The molecule has 27 heavy (non-hydrogen) atoms. The van der Waals surface area contributed by atoms with Gasteiger partial charge in [-0.2, -0.15) is 5.10 Å². The van der Waals surface area contributed by atoms with Crippen LogP contribution in [0.15, 0.2) is 36.5 Å². The van der Waals surface area contributed by atoms with Gasteiger partial charge in [0.1, 0.15) is 0 Å². The Morgan fingerprint density at radius 3 is 2.78 bits per heavy atom. The number of ether oxygens (including phenoxy) is 1. The molecular formula is C20H25N3O4. The van der Waals surface area contributed by atoms with Gasteiger partial charge < -0.3 is 14.7 Å². The summed E-state index contributed by atoms with van der Waals surface area (Å²) in [6.45, 7) is 3.80. The number of morpholine rings is 1. The zero-order valence-electron chi connectivity index (χ0n) is 15.5. The van der Waals surface area contributed by atoms with E-state index in [1.165, 1.54) is 0 Å². The lowest BCUT2D eigenvalue weighted by Crippen LogP contribution is -2.46. The maximum Gasteiger partial charge on any atom is 0.306 e. The average molecular weight is 371 g/mol. The first-order valence-electron chi connectivity index (χ1n) is 9.29. The van der Waals surface area contributed by atoms with Crippen molar-refractivity contribution in [3.05, 3.63) is 53.3 Å². The van der Waals surface area contributed by atoms with Crippen LogP contribution < -0.4 is 0 Å². The highest BCUT2D eigenvalue weighted by Gasteiger charge is 2.29. The molecule has 7 heteroatoms. The Bertz CT molecular complexity index is 788. The number of aromatic nitrogens is 2. The topological polar surface area (TPSA) is 84.7 Å². The van der Waals surface area contributed by atoms with Crippen LogP contribution in [-0.4, -0.2) is 57.5 Å². The monoisotopic (exact) mass is 371 g/mol. The molecular weight excluding hydrogens is 346 g/mol. The summed E-state index contributed by atoms with van der Waals surface area (Å²) in [5.74, 6) is -1.02. The van der Waals surface area contributed by atoms with Gasteiger partial charge in [-0.3, -0.25) is 14.3 Å². The van der Waals surface area contributed by atoms with Crippen LogP contribution in [0.3, 0.4) is 0 Å². The quantitative estimate of drug-likeness (QED) is 0.807. The van der Waals surface area contributed by atoms with Crippen molar-refractivity contribution in [3.8, 4) is 0 Å². The van der Waals surface area contributed by atoms with Crippen molar-refractivity contribution >= 4 is 11.9 Å². The van der Waals surface area contributed by atoms with Crippen molar-refractivity contribution in [2.45, 2.75) is 38.8 Å². The summed E-state index contributed by atoms with van der Waals surface area (Å²) in [5, 5.41) is 13.4. The van der Waals surface area contributed by atoms with Gasteiger partial charge in [0.05, 0.1) is 43.1 Å². The Labute approximate surface area is 158 Å². The van der Waals surface area contributed by atoms with Crippen molar-refractivity contribution in [2.24, 2.45) is 0 Å². The summed E-state index contributed by atoms with van der Waals surface area (Å²) < 4.78 is 7.36. The minimum atomic E-state index is -0.920. The molecule has 1 saturated heterocycles. The highest BCUT2D eigenvalue weighted by Crippen LogP contribution is 2.18. The SMILES string of the molecule is CCCc1c(C(=O)N2CCO[C@@H](CC(=O)O)C2)cnn1Cc1ccccc1. The van der Waals surface area contributed by atoms with Crippen molar-refractivity contribution in [1.82, 2.24) is 14.7 Å². The van der Waals surface area contributed by atoms with Crippen LogP contribution >= 0.6 is 0 Å². The van der Waals surface area contributed by atoms with E-state index in [-0.39, 0.29) is 12.3 Å². The highest BCUT2D eigenvalue weighted by atomic mass is 16.5. The van der Waals surface area contributed by atoms with E-state index >= 15 is 0 Å². The lowest BCUT2D eigenvalue weighted by Gasteiger charge is -2.32. The zero-order chi connectivity index (χ0) is 19.2. The molecule has 0 bridgehead atoms. The van der Waals surface area contributed by atoms with Crippen LogP contribution in [-0.2, 0) is 22.5 Å². The van der Waals surface area contributed by atoms with Crippen LogP contribution in [0.1, 0.15) is 41.4 Å². The number of hydrogen-bond acceptors (Lipinski definition) is 4. The lowest BCUT2D eigenvalue weighted by molar-refractivity contribution is -0.141. The molecule has 144 valence electrons. The van der Waals surface area contributed by atoms with E-state index in [1.54, 1.807) is 11.1 Å². The molecule has 1 aliphatic heterocycles. The summed E-state index contributed by atoms with van der Waals surface area (Å²) >= 11 is 0. The number of carboxylic acids is 1. The van der Waals surface area contributed by atoms with Gasteiger partial charge in [-0.25, -0.2) is 0 Å². The normalized spacial score (nSPS) is 17.1. The summed E-state index contributed by atoms with van der Waals surface area (Å²) in [7, 11) is 0. The number of rotatable bonds is 7. The third-order valence-corrected chi connectivity index (χ3v) is 4.67. The van der Waals surface area contributed by atoms with Crippen LogP contribution in [0.4, 0.5) is 0 Å². The molecule has 3 rings (SSSR count). The second kappa shape index (κ2) is 8.81. The molecule has 2 aromatic rings. The van der Waals surface area contributed by atoms with E-state index in [4.69, 9.17) is 9.84 Å². The van der Waals surface area contributed by atoms with E-state index in [0.29, 0.717) is 31.8 Å². The molecule has 1 aliphatic rings. The Morgan fingerprint density at radius 1 is 1.30 bits per heavy atom. The molecule has 1 aromatic heterocycles. The molecule has 1 fully saturated rings. The number of carboxylic acid groups (broad SMARTS) is 1. The predicted molar refractivity (Wildman–Crippen MR) is 99.7 cm³/mol. The molecule has 0 spiro atoms. The predicted octanol–water partition coefficient (Wildman–Crippen LogP) is 2.20. The van der Waals surface area contributed by atoms with Crippen LogP contribution in [0.2, 0.25) is 0 Å². The summed E-state index contributed by atoms with van der Waals surface area (Å²) in [6, 6.07) is 10.0. The fourth-order valence-electron chi connectivity index (χ4n) is 3.37. The molecule has 1 N–H and O–H groups in total. The molecule has 1 aromatic carbocycles. The summed E-state index contributed by atoms with van der Waals surface area (Å²) in [5.41, 5.74) is 2.65. The van der Waals surface area contributed by atoms with E-state index in [2.05, 4.69) is 12.0 Å². The highest BCUT2D eigenvalue weighted by molar-refractivity contribution is 5.95. The van der Waals surface area contributed by atoms with Crippen LogP contribution in [0.25, 0.3) is 0 Å². The molecule has 1 atom stereocenters. The smallest absolute Gasteiger partial charge is 0.306 e. The summed E-state index contributed by atoms with van der Waals surface area (Å²) in [4.78, 5) is 25.7. The first-order chi connectivity index (χ1) is 13.1. The minimum absolute atomic E-state index is 0.0983. The van der Waals surface area contributed by atoms with Crippen molar-refractivity contribution < 1.29 is 19.4 Å². The second-order valence-electron chi connectivity index (χ2n) is 6.74. The molecule has 0 radical (unpaired) electrons. The van der Waals surface area contributed by atoms with Gasteiger partial charge in [-0.15, -0.1) is 0 Å². The standard InChI is InChI=1S/C20H25N3O4/c1-2-6-18-17(12-21-23(18)13-15-7-4-3-5-8-15)20(26)22-9-10-27-16(14-22)11-19(24)25/h3-5,7-8,12,16H,2,6,9-11,13-14H2,1H3,(H,24,25)/t16-/m0/s1. The number of amides is 1. The Morgan fingerprint density at radius 2 is 2.07 bits per heavy atom. The molecule has 0 saturated carbocycles. The van der Waals surface area contributed by atoms with Gasteiger partial charge in [-0.1, -0.05) is 43.7 Å². The van der Waals surface area contributed by atoms with Crippen LogP contribution in [0.5, 0.6) is 0 Å². The largest absolute Gasteiger partial charge is 0.481 e. The van der Waals surface area contributed by atoms with Crippen molar-refractivity contribution in [2.75, 3.05) is 19.7 Å². The van der Waals surface area contributed by atoms with E-state index < -0.39 is 12.1 Å². The number of aliphatic carboxylic acids is 1. The molecule has 2 heterocycles. The minimum Gasteiger partial charge on any atom is -0.481 e. The van der Waals surface area contributed by atoms with E-state index in [9.17, 15) is 9.59 Å². The molecule has 0 aliphatic carbocycles. The maximum absolute atomic E-state index is 13.1. The average Bonchev–Trinajstić information content (AvgIpc) is 3.04. The van der Waals surface area contributed by atoms with Gasteiger partial charge in [0.2, 0.25) is 0 Å². The zero-order valence-corrected chi connectivity index (χ0v) is 15.5. The van der Waals surface area contributed by atoms with Crippen molar-refractivity contribution in [3.63, 3.8) is 0 Å². The number of carbonyl (C=O) groups excluding carboxylic acids is 1. The number of benzene rings is 1. The molecule has 0 unspecified atom stereocenters. The van der Waals surface area contributed by atoms with E-state index in [0.717, 1.165) is 24.1 Å². The number of nitrogens with zero attached hydrogens (tertiary/aromatic N) is 3. The van der Waals surface area contributed by atoms with Crippen LogP contribution in [0, 0.1) is 0 Å². The fourth-order valence-corrected chi connectivity index (χ4v) is 3.37. The van der Waals surface area contributed by atoms with Gasteiger partial charge in [0.25, 0.3) is 5.91 Å². The Balaban J connectivity index is 1.78. The third kappa shape index (κ3) is 4.74. The Hall–Kier alpha value is -2.67. The molecule has 7 nitrogen and oxygen atoms in total. The van der Waals surface area contributed by atoms with Gasteiger partial charge in [0, 0.05) is 13.1 Å². The van der Waals surface area contributed by atoms with E-state index in [1.807, 2.05) is 35.0 Å². The molecule has 1 amide bonds. The second-order valence-corrected chi connectivity index (χ2v) is 6.74. The maximum atomic E-state index is 13.1. The van der Waals surface area contributed by atoms with Gasteiger partial charge >= 0.3 is 5.97 Å². The van der Waals surface area contributed by atoms with Crippen molar-refractivity contribution in [1.29, 1.82) is 0 Å². The number of hydrogen-bond donors (Lipinski definition) is 1. The third-order valence-electron chi connectivity index (χ3n) is 4.67. The van der Waals surface area contributed by atoms with Gasteiger partial charge in [0.15, 0.2) is 0 Å². The Kier molecular flexibility index (Phi) is 6.24. The first-order valence-corrected chi connectivity index (χ1v) is 9.29. The fraction of sp³-hybridized carbons (Fsp3) is 0.450. The van der Waals surface area contributed by atoms with Gasteiger partial charge in [-0.05, 0) is 12.0 Å². The first kappa shape index (κ1) is 19.1. The summed E-state index contributed by atoms with van der Waals surface area (Å²) in [6.07, 6.45) is 2.74. The lowest BCUT2D eigenvalue weighted by atomic mass is 10.1.